The van der Waals surface area contributed by atoms with Gasteiger partial charge in [0, 0.05) is 37.3 Å². The van der Waals surface area contributed by atoms with Gasteiger partial charge in [-0.3, -0.25) is 9.59 Å². The number of carbonyl (C=O) groups excluding carboxylic acids is 2. The molecule has 21 heavy (non-hydrogen) atoms. The second-order valence-corrected chi connectivity index (χ2v) is 5.07. The van der Waals surface area contributed by atoms with Gasteiger partial charge in [-0.1, -0.05) is 6.07 Å². The fourth-order valence-electron chi connectivity index (χ4n) is 2.23. The van der Waals surface area contributed by atoms with E-state index in [4.69, 9.17) is 10.5 Å². The normalized spacial score (nSPS) is 14.8. The fraction of sp³-hybridized carbons (Fsp3) is 0.467. The van der Waals surface area contributed by atoms with Crippen LogP contribution in [0.1, 0.15) is 22.3 Å². The van der Waals surface area contributed by atoms with Crippen molar-refractivity contribution < 1.29 is 14.3 Å². The van der Waals surface area contributed by atoms with Crippen LogP contribution in [0.3, 0.4) is 0 Å². The molecule has 2 rings (SSSR count). The summed E-state index contributed by atoms with van der Waals surface area (Å²) in [5.41, 5.74) is 7.65. The summed E-state index contributed by atoms with van der Waals surface area (Å²) >= 11 is 0. The molecule has 1 aromatic rings. The van der Waals surface area contributed by atoms with Gasteiger partial charge in [0.1, 0.15) is 0 Å². The van der Waals surface area contributed by atoms with Crippen LogP contribution in [-0.2, 0) is 9.53 Å². The molecule has 0 aliphatic carbocycles. The number of nitrogens with zero attached hydrogens (tertiary/aromatic N) is 1. The van der Waals surface area contributed by atoms with Crippen LogP contribution in [-0.4, -0.2) is 49.6 Å². The van der Waals surface area contributed by atoms with Crippen molar-refractivity contribution in [2.45, 2.75) is 13.3 Å². The van der Waals surface area contributed by atoms with Crippen molar-refractivity contribution in [3.63, 3.8) is 0 Å². The first-order chi connectivity index (χ1) is 10.1. The molecule has 6 heteroatoms. The Labute approximate surface area is 124 Å². The molecule has 1 aliphatic rings. The van der Waals surface area contributed by atoms with Gasteiger partial charge in [0.25, 0.3) is 5.91 Å². The first kappa shape index (κ1) is 15.3. The van der Waals surface area contributed by atoms with E-state index >= 15 is 0 Å². The molecule has 0 aromatic heterocycles. The first-order valence-electron chi connectivity index (χ1n) is 7.08. The monoisotopic (exact) mass is 291 g/mol. The molecular formula is C15H21N3O3. The predicted octanol–water partition coefficient (Wildman–Crippen LogP) is 0.556. The van der Waals surface area contributed by atoms with Crippen molar-refractivity contribution in [3.05, 3.63) is 29.3 Å². The highest BCUT2D eigenvalue weighted by atomic mass is 16.5. The van der Waals surface area contributed by atoms with Crippen LogP contribution < -0.4 is 11.1 Å². The SMILES string of the molecule is Cc1ccc(N)cc1C(=O)NCCC(=O)N1CCOCC1. The summed E-state index contributed by atoms with van der Waals surface area (Å²) in [5, 5.41) is 2.76. The minimum Gasteiger partial charge on any atom is -0.399 e. The Morgan fingerprint density at radius 1 is 1.33 bits per heavy atom. The van der Waals surface area contributed by atoms with Crippen LogP contribution in [0.25, 0.3) is 0 Å². The van der Waals surface area contributed by atoms with Crippen molar-refractivity contribution in [3.8, 4) is 0 Å². The molecule has 2 amide bonds. The largest absolute Gasteiger partial charge is 0.399 e. The topological polar surface area (TPSA) is 84.7 Å². The Morgan fingerprint density at radius 3 is 2.76 bits per heavy atom. The van der Waals surface area contributed by atoms with E-state index in [1.54, 1.807) is 17.0 Å². The van der Waals surface area contributed by atoms with E-state index in [0.29, 0.717) is 50.5 Å². The predicted molar refractivity (Wildman–Crippen MR) is 79.9 cm³/mol. The van der Waals surface area contributed by atoms with Gasteiger partial charge in [-0.25, -0.2) is 0 Å². The van der Waals surface area contributed by atoms with E-state index in [2.05, 4.69) is 5.32 Å². The number of nitrogens with two attached hydrogens (primary N) is 1. The van der Waals surface area contributed by atoms with Crippen molar-refractivity contribution in [2.75, 3.05) is 38.6 Å². The number of carbonyl (C=O) groups is 2. The van der Waals surface area contributed by atoms with Crippen LogP contribution in [0, 0.1) is 6.92 Å². The highest BCUT2D eigenvalue weighted by Crippen LogP contribution is 2.12. The van der Waals surface area contributed by atoms with Gasteiger partial charge in [-0.2, -0.15) is 0 Å². The van der Waals surface area contributed by atoms with Crippen molar-refractivity contribution in [1.29, 1.82) is 0 Å². The van der Waals surface area contributed by atoms with Gasteiger partial charge in [-0.05, 0) is 24.6 Å². The number of morpholine rings is 1. The molecule has 0 unspecified atom stereocenters. The van der Waals surface area contributed by atoms with Crippen molar-refractivity contribution in [2.24, 2.45) is 0 Å². The number of ether oxygens (including phenoxy) is 1. The highest BCUT2D eigenvalue weighted by molar-refractivity contribution is 5.96. The third-order valence-corrected chi connectivity index (χ3v) is 3.49. The fourth-order valence-corrected chi connectivity index (χ4v) is 2.23. The first-order valence-corrected chi connectivity index (χ1v) is 7.08. The van der Waals surface area contributed by atoms with Crippen LogP contribution in [0.4, 0.5) is 5.69 Å². The smallest absolute Gasteiger partial charge is 0.251 e. The number of amides is 2. The van der Waals surface area contributed by atoms with E-state index in [0.717, 1.165) is 5.56 Å². The average molecular weight is 291 g/mol. The lowest BCUT2D eigenvalue weighted by Crippen LogP contribution is -2.42. The maximum Gasteiger partial charge on any atom is 0.251 e. The molecule has 0 bridgehead atoms. The highest BCUT2D eigenvalue weighted by Gasteiger charge is 2.17. The summed E-state index contributed by atoms with van der Waals surface area (Å²) in [7, 11) is 0. The van der Waals surface area contributed by atoms with E-state index < -0.39 is 0 Å². The quantitative estimate of drug-likeness (QED) is 0.794. The lowest BCUT2D eigenvalue weighted by molar-refractivity contribution is -0.135. The molecule has 0 atom stereocenters. The van der Waals surface area contributed by atoms with Crippen molar-refractivity contribution in [1.82, 2.24) is 10.2 Å². The molecule has 1 fully saturated rings. The Hall–Kier alpha value is -2.08. The lowest BCUT2D eigenvalue weighted by atomic mass is 10.1. The number of aryl methyl sites for hydroxylation is 1. The summed E-state index contributed by atoms with van der Waals surface area (Å²) in [6.45, 7) is 4.60. The average Bonchev–Trinajstić information content (AvgIpc) is 2.50. The molecular weight excluding hydrogens is 270 g/mol. The molecule has 6 nitrogen and oxygen atoms in total. The van der Waals surface area contributed by atoms with E-state index in [1.807, 2.05) is 13.0 Å². The molecule has 114 valence electrons. The number of nitrogen functional groups attached to an aromatic ring is 1. The second-order valence-electron chi connectivity index (χ2n) is 5.07. The summed E-state index contributed by atoms with van der Waals surface area (Å²) in [6, 6.07) is 5.21. The molecule has 1 saturated heterocycles. The molecule has 3 N–H and O–H groups in total. The van der Waals surface area contributed by atoms with Gasteiger partial charge >= 0.3 is 0 Å². The van der Waals surface area contributed by atoms with Crippen LogP contribution >= 0.6 is 0 Å². The van der Waals surface area contributed by atoms with Gasteiger partial charge < -0.3 is 20.7 Å². The van der Waals surface area contributed by atoms with E-state index in [1.165, 1.54) is 0 Å². The zero-order valence-electron chi connectivity index (χ0n) is 12.2. The molecule has 0 radical (unpaired) electrons. The molecule has 1 heterocycles. The summed E-state index contributed by atoms with van der Waals surface area (Å²) < 4.78 is 5.20. The summed E-state index contributed by atoms with van der Waals surface area (Å²) in [5.74, 6) is -0.155. The van der Waals surface area contributed by atoms with Crippen LogP contribution in [0.2, 0.25) is 0 Å². The van der Waals surface area contributed by atoms with Gasteiger partial charge in [0.2, 0.25) is 5.91 Å². The number of hydrogen-bond donors (Lipinski definition) is 2. The molecule has 0 saturated carbocycles. The maximum absolute atomic E-state index is 12.1. The third kappa shape index (κ3) is 4.19. The lowest BCUT2D eigenvalue weighted by Gasteiger charge is -2.26. The molecule has 1 aliphatic heterocycles. The summed E-state index contributed by atoms with van der Waals surface area (Å²) in [4.78, 5) is 25.8. The van der Waals surface area contributed by atoms with Gasteiger partial charge in [0.05, 0.1) is 13.2 Å². The number of nitrogens with one attached hydrogen (secondary N) is 1. The molecule has 0 spiro atoms. The van der Waals surface area contributed by atoms with E-state index in [-0.39, 0.29) is 11.8 Å². The van der Waals surface area contributed by atoms with Crippen molar-refractivity contribution >= 4 is 17.5 Å². The maximum atomic E-state index is 12.1. The number of hydrogen-bond acceptors (Lipinski definition) is 4. The molecule has 1 aromatic carbocycles. The minimum atomic E-state index is -0.199. The number of rotatable bonds is 4. The second kappa shape index (κ2) is 7.08. The third-order valence-electron chi connectivity index (χ3n) is 3.49. The Balaban J connectivity index is 1.81. The van der Waals surface area contributed by atoms with Gasteiger partial charge in [0.15, 0.2) is 0 Å². The number of anilines is 1. The zero-order chi connectivity index (χ0) is 15.2. The summed E-state index contributed by atoms with van der Waals surface area (Å²) in [6.07, 6.45) is 0.299. The minimum absolute atomic E-state index is 0.0443. The van der Waals surface area contributed by atoms with Gasteiger partial charge in [-0.15, -0.1) is 0 Å². The van der Waals surface area contributed by atoms with E-state index in [9.17, 15) is 9.59 Å². The Morgan fingerprint density at radius 2 is 2.05 bits per heavy atom. The Bertz CT molecular complexity index is 525. The van der Waals surface area contributed by atoms with Crippen LogP contribution in [0.5, 0.6) is 0 Å². The number of benzene rings is 1. The standard InChI is InChI=1S/C15H21N3O3/c1-11-2-3-12(16)10-13(11)15(20)17-5-4-14(19)18-6-8-21-9-7-18/h2-3,10H,4-9,16H2,1H3,(H,17,20). The zero-order valence-corrected chi connectivity index (χ0v) is 12.2. The Kier molecular flexibility index (Phi) is 5.16. The van der Waals surface area contributed by atoms with Crippen LogP contribution in [0.15, 0.2) is 18.2 Å².